The molecule has 0 bridgehead atoms. The number of amides is 1. The van der Waals surface area contributed by atoms with E-state index in [4.69, 9.17) is 4.74 Å². The van der Waals surface area contributed by atoms with Crippen LogP contribution in [0.25, 0.3) is 5.76 Å². The van der Waals surface area contributed by atoms with Crippen molar-refractivity contribution in [3.8, 4) is 5.75 Å². The van der Waals surface area contributed by atoms with Gasteiger partial charge in [-0.15, -0.1) is 0 Å². The highest BCUT2D eigenvalue weighted by molar-refractivity contribution is 6.46. The Morgan fingerprint density at radius 2 is 1.80 bits per heavy atom. The van der Waals surface area contributed by atoms with E-state index in [1.54, 1.807) is 29.2 Å². The zero-order valence-corrected chi connectivity index (χ0v) is 21.2. The minimum absolute atomic E-state index is 0.111. The van der Waals surface area contributed by atoms with Crippen molar-refractivity contribution < 1.29 is 19.4 Å². The molecule has 0 radical (unpaired) electrons. The third-order valence-electron chi connectivity index (χ3n) is 6.09. The molecule has 35 heavy (non-hydrogen) atoms. The first kappa shape index (κ1) is 26.0. The Bertz CT molecular complexity index is 1120. The van der Waals surface area contributed by atoms with Crippen LogP contribution in [0, 0.1) is 6.92 Å². The molecule has 3 rings (SSSR count). The summed E-state index contributed by atoms with van der Waals surface area (Å²) < 4.78 is 5.58. The molecule has 1 N–H and O–H groups in total. The Morgan fingerprint density at radius 3 is 2.37 bits per heavy atom. The van der Waals surface area contributed by atoms with Crippen LogP contribution in [0.15, 0.2) is 60.7 Å². The number of benzene rings is 2. The van der Waals surface area contributed by atoms with Crippen molar-refractivity contribution in [3.63, 3.8) is 0 Å². The van der Waals surface area contributed by atoms with E-state index in [0.717, 1.165) is 23.4 Å². The van der Waals surface area contributed by atoms with Crippen LogP contribution in [0.4, 0.5) is 5.69 Å². The summed E-state index contributed by atoms with van der Waals surface area (Å²) >= 11 is 0. The molecule has 1 aliphatic heterocycles. The predicted molar refractivity (Wildman–Crippen MR) is 140 cm³/mol. The summed E-state index contributed by atoms with van der Waals surface area (Å²) in [5.74, 6) is -0.789. The lowest BCUT2D eigenvalue weighted by atomic mass is 9.93. The second-order valence-electron chi connectivity index (χ2n) is 9.21. The Balaban J connectivity index is 2.08. The van der Waals surface area contributed by atoms with E-state index in [2.05, 4.69) is 6.58 Å². The minimum atomic E-state index is -0.666. The number of ketones is 1. The van der Waals surface area contributed by atoms with Gasteiger partial charge in [0.2, 0.25) is 0 Å². The highest BCUT2D eigenvalue weighted by Gasteiger charge is 2.45. The van der Waals surface area contributed by atoms with Gasteiger partial charge in [0.1, 0.15) is 18.1 Å². The zero-order chi connectivity index (χ0) is 25.7. The van der Waals surface area contributed by atoms with Crippen molar-refractivity contribution in [2.75, 3.05) is 52.8 Å². The monoisotopic (exact) mass is 477 g/mol. The van der Waals surface area contributed by atoms with Crippen LogP contribution in [-0.2, 0) is 9.59 Å². The molecule has 1 fully saturated rings. The number of nitrogens with zero attached hydrogens (tertiary/aromatic N) is 3. The van der Waals surface area contributed by atoms with Gasteiger partial charge in [-0.2, -0.15) is 0 Å². The number of ether oxygens (including phenoxy) is 1. The van der Waals surface area contributed by atoms with Crippen molar-refractivity contribution in [3.05, 3.63) is 77.4 Å². The maximum atomic E-state index is 13.2. The number of aliphatic hydroxyl groups is 1. The molecule has 1 aliphatic rings. The van der Waals surface area contributed by atoms with Crippen molar-refractivity contribution in [2.45, 2.75) is 19.4 Å². The van der Waals surface area contributed by atoms with Crippen LogP contribution in [0.2, 0.25) is 0 Å². The van der Waals surface area contributed by atoms with Gasteiger partial charge in [0.15, 0.2) is 0 Å². The molecule has 0 aromatic heterocycles. The van der Waals surface area contributed by atoms with Crippen LogP contribution in [-0.4, -0.2) is 74.5 Å². The van der Waals surface area contributed by atoms with Gasteiger partial charge in [0, 0.05) is 31.9 Å². The molecule has 2 aromatic rings. The van der Waals surface area contributed by atoms with E-state index >= 15 is 0 Å². The van der Waals surface area contributed by atoms with Crippen molar-refractivity contribution in [2.24, 2.45) is 0 Å². The largest absolute Gasteiger partial charge is 0.507 e. The second kappa shape index (κ2) is 11.2. The van der Waals surface area contributed by atoms with E-state index < -0.39 is 17.7 Å². The van der Waals surface area contributed by atoms with Gasteiger partial charge >= 0.3 is 0 Å². The van der Waals surface area contributed by atoms with Gasteiger partial charge in [-0.05, 0) is 75.4 Å². The second-order valence-corrected chi connectivity index (χ2v) is 9.21. The fourth-order valence-corrected chi connectivity index (χ4v) is 4.26. The van der Waals surface area contributed by atoms with E-state index in [1.165, 1.54) is 0 Å². The summed E-state index contributed by atoms with van der Waals surface area (Å²) in [5.41, 5.74) is 3.14. The lowest BCUT2D eigenvalue weighted by molar-refractivity contribution is -0.139. The number of likely N-dealkylation sites (tertiary alicyclic amines) is 1. The Labute approximate surface area is 207 Å². The van der Waals surface area contributed by atoms with E-state index in [-0.39, 0.29) is 11.3 Å². The predicted octanol–water partition coefficient (Wildman–Crippen LogP) is 4.00. The number of hydrogen-bond acceptors (Lipinski definition) is 6. The number of carbonyl (C=O) groups excluding carboxylic acids is 2. The number of Topliss-reactive ketones (excluding diaryl/α,β-unsaturated/α-hetero) is 1. The normalized spacial score (nSPS) is 17.2. The maximum Gasteiger partial charge on any atom is 0.295 e. The van der Waals surface area contributed by atoms with E-state index in [9.17, 15) is 14.7 Å². The number of anilines is 1. The molecule has 1 unspecified atom stereocenters. The van der Waals surface area contributed by atoms with Crippen molar-refractivity contribution in [1.29, 1.82) is 0 Å². The van der Waals surface area contributed by atoms with Crippen LogP contribution in [0.3, 0.4) is 0 Å². The molecule has 1 heterocycles. The summed E-state index contributed by atoms with van der Waals surface area (Å²) in [5, 5.41) is 11.4. The molecule has 2 aromatic carbocycles. The van der Waals surface area contributed by atoms with Crippen molar-refractivity contribution >= 4 is 23.1 Å². The topological polar surface area (TPSA) is 73.3 Å². The van der Waals surface area contributed by atoms with Crippen LogP contribution >= 0.6 is 0 Å². The standard InChI is InChI=1S/C28H35N3O4/c1-7-17-35-22-13-14-23(19(2)18-22)26(32)24-25(20-9-11-21(12-10-20)30(5)6)31(28(34)27(24)33)16-8-15-29(3)4/h7,9-14,18,25,32H,1,8,15-17H2,2-6H3/b26-24+. The Kier molecular flexibility index (Phi) is 8.35. The third-order valence-corrected chi connectivity index (χ3v) is 6.09. The first-order valence-electron chi connectivity index (χ1n) is 11.7. The minimum Gasteiger partial charge on any atom is -0.507 e. The summed E-state index contributed by atoms with van der Waals surface area (Å²) in [7, 11) is 7.84. The quantitative estimate of drug-likeness (QED) is 0.241. The van der Waals surface area contributed by atoms with Gasteiger partial charge in [0.25, 0.3) is 11.7 Å². The summed E-state index contributed by atoms with van der Waals surface area (Å²) in [4.78, 5) is 32.0. The smallest absolute Gasteiger partial charge is 0.295 e. The fraction of sp³-hybridized carbons (Fsp3) is 0.357. The molecular weight excluding hydrogens is 442 g/mol. The Hall–Kier alpha value is -3.58. The van der Waals surface area contributed by atoms with Gasteiger partial charge in [-0.25, -0.2) is 0 Å². The van der Waals surface area contributed by atoms with Crippen LogP contribution in [0.1, 0.15) is 29.2 Å². The first-order valence-corrected chi connectivity index (χ1v) is 11.7. The molecular formula is C28H35N3O4. The van der Waals surface area contributed by atoms with Crippen molar-refractivity contribution in [1.82, 2.24) is 9.80 Å². The summed E-state index contributed by atoms with van der Waals surface area (Å²) in [6.45, 7) is 7.04. The van der Waals surface area contributed by atoms with Gasteiger partial charge < -0.3 is 24.5 Å². The highest BCUT2D eigenvalue weighted by Crippen LogP contribution is 2.40. The Morgan fingerprint density at radius 1 is 1.11 bits per heavy atom. The van der Waals surface area contributed by atoms with E-state index in [0.29, 0.717) is 30.9 Å². The number of rotatable bonds is 10. The maximum absolute atomic E-state index is 13.2. The zero-order valence-electron chi connectivity index (χ0n) is 21.2. The molecule has 186 valence electrons. The number of aliphatic hydroxyl groups excluding tert-OH is 1. The SMILES string of the molecule is C=CCOc1ccc(/C(O)=C2\C(=O)C(=O)N(CCCN(C)C)C2c2ccc(N(C)C)cc2)c(C)c1. The molecule has 0 aliphatic carbocycles. The lowest BCUT2D eigenvalue weighted by Crippen LogP contribution is -2.32. The third kappa shape index (κ3) is 5.74. The van der Waals surface area contributed by atoms with Crippen LogP contribution < -0.4 is 9.64 Å². The number of hydrogen-bond donors (Lipinski definition) is 1. The molecule has 1 saturated heterocycles. The molecule has 1 atom stereocenters. The fourth-order valence-electron chi connectivity index (χ4n) is 4.26. The molecule has 1 amide bonds. The molecule has 7 nitrogen and oxygen atoms in total. The average molecular weight is 478 g/mol. The summed E-state index contributed by atoms with van der Waals surface area (Å²) in [6.07, 6.45) is 2.36. The number of carbonyl (C=O) groups is 2. The van der Waals surface area contributed by atoms with E-state index in [1.807, 2.05) is 69.2 Å². The number of aryl methyl sites for hydroxylation is 1. The lowest BCUT2D eigenvalue weighted by Gasteiger charge is -2.26. The average Bonchev–Trinajstić information content (AvgIpc) is 3.07. The summed E-state index contributed by atoms with van der Waals surface area (Å²) in [6, 6.07) is 12.3. The molecule has 0 spiro atoms. The molecule has 7 heteroatoms. The van der Waals surface area contributed by atoms with Crippen LogP contribution in [0.5, 0.6) is 5.75 Å². The first-order chi connectivity index (χ1) is 16.6. The van der Waals surface area contributed by atoms with Gasteiger partial charge in [0.05, 0.1) is 11.6 Å². The van der Waals surface area contributed by atoms with Gasteiger partial charge in [-0.1, -0.05) is 24.8 Å². The van der Waals surface area contributed by atoms with Gasteiger partial charge in [-0.3, -0.25) is 9.59 Å². The molecule has 0 saturated carbocycles. The highest BCUT2D eigenvalue weighted by atomic mass is 16.5.